The lowest BCUT2D eigenvalue weighted by atomic mass is 9.83. The van der Waals surface area contributed by atoms with Gasteiger partial charge in [-0.2, -0.15) is 0 Å². The summed E-state index contributed by atoms with van der Waals surface area (Å²) < 4.78 is 0. The molecule has 2 N–H and O–H groups in total. The topological polar surface area (TPSA) is 40.5 Å². The van der Waals surface area contributed by atoms with Gasteiger partial charge in [-0.3, -0.25) is 0 Å². The van der Waals surface area contributed by atoms with Crippen molar-refractivity contribution in [3.8, 4) is 11.5 Å². The van der Waals surface area contributed by atoms with E-state index in [-0.39, 0.29) is 0 Å². The van der Waals surface area contributed by atoms with Crippen LogP contribution in [-0.2, 0) is 0 Å². The van der Waals surface area contributed by atoms with Crippen molar-refractivity contribution < 1.29 is 10.2 Å². The van der Waals surface area contributed by atoms with Crippen molar-refractivity contribution in [2.45, 2.75) is 97.3 Å². The Balaban J connectivity index is 0.000000191. The normalized spacial score (nSPS) is 17.1. The Labute approximate surface area is 178 Å². The van der Waals surface area contributed by atoms with Crippen LogP contribution in [0, 0.1) is 13.8 Å². The zero-order chi connectivity index (χ0) is 21.2. The van der Waals surface area contributed by atoms with E-state index in [4.69, 9.17) is 0 Å². The average Bonchev–Trinajstić information content (AvgIpc) is 3.25. The number of rotatable bonds is 2. The van der Waals surface area contributed by atoms with Gasteiger partial charge in [0.15, 0.2) is 0 Å². The van der Waals surface area contributed by atoms with Gasteiger partial charge in [-0.25, -0.2) is 0 Å². The highest BCUT2D eigenvalue weighted by atomic mass is 16.3. The molecule has 2 heteroatoms. The molecule has 2 aliphatic rings. The van der Waals surface area contributed by atoms with Crippen molar-refractivity contribution in [1.29, 1.82) is 0 Å². The lowest BCUT2D eigenvalue weighted by Crippen LogP contribution is -2.04. The van der Waals surface area contributed by atoms with Crippen molar-refractivity contribution in [3.63, 3.8) is 0 Å². The van der Waals surface area contributed by atoms with E-state index in [0.29, 0.717) is 23.3 Å². The van der Waals surface area contributed by atoms with Gasteiger partial charge in [0, 0.05) is 0 Å². The second-order valence-corrected chi connectivity index (χ2v) is 8.44. The van der Waals surface area contributed by atoms with Crippen LogP contribution in [0.15, 0.2) is 36.4 Å². The summed E-state index contributed by atoms with van der Waals surface area (Å²) >= 11 is 0. The Bertz CT molecular complexity index is 738. The van der Waals surface area contributed by atoms with E-state index in [2.05, 4.69) is 24.3 Å². The van der Waals surface area contributed by atoms with Crippen molar-refractivity contribution in [1.82, 2.24) is 0 Å². The second-order valence-electron chi connectivity index (χ2n) is 8.44. The highest BCUT2D eigenvalue weighted by Crippen LogP contribution is 2.38. The molecule has 0 saturated heterocycles. The van der Waals surface area contributed by atoms with Crippen molar-refractivity contribution in [3.05, 3.63) is 58.7 Å². The molecule has 160 valence electrons. The second kappa shape index (κ2) is 11.9. The summed E-state index contributed by atoms with van der Waals surface area (Å²) in [6.07, 6.45) is 11.6. The minimum Gasteiger partial charge on any atom is -0.508 e. The van der Waals surface area contributed by atoms with Gasteiger partial charge in [-0.1, -0.05) is 70.2 Å². The van der Waals surface area contributed by atoms with Gasteiger partial charge < -0.3 is 10.2 Å². The molecule has 29 heavy (non-hydrogen) atoms. The standard InChI is InChI=1S/C13H18O.C12H16O.C2H6/c1-10-7-8-12(13(14)9-10)11-5-3-2-4-6-11;1-9-6-7-11(12(13)8-9)10-4-2-3-5-10;1-2/h7-9,11,14H,2-6H2,1H3;6-8,10,13H,2-5H2,1H3;1-2H3. The van der Waals surface area contributed by atoms with E-state index in [9.17, 15) is 10.2 Å². The fourth-order valence-electron chi connectivity index (χ4n) is 4.65. The SMILES string of the molecule is CC.Cc1ccc(C2CCCC2)c(O)c1.Cc1ccc(C2CCCCC2)c(O)c1. The number of phenolic OH excluding ortho intramolecular Hbond substituents is 2. The molecule has 0 bridgehead atoms. The summed E-state index contributed by atoms with van der Waals surface area (Å²) in [5.41, 5.74) is 4.60. The molecule has 0 radical (unpaired) electrons. The van der Waals surface area contributed by atoms with Gasteiger partial charge in [-0.15, -0.1) is 0 Å². The highest BCUT2D eigenvalue weighted by Gasteiger charge is 2.19. The fraction of sp³-hybridized carbons (Fsp3) is 0.556. The predicted molar refractivity (Wildman–Crippen MR) is 124 cm³/mol. The zero-order valence-electron chi connectivity index (χ0n) is 18.9. The van der Waals surface area contributed by atoms with Crippen LogP contribution in [0.5, 0.6) is 11.5 Å². The minimum absolute atomic E-state index is 0.493. The monoisotopic (exact) mass is 396 g/mol. The molecule has 0 spiro atoms. The van der Waals surface area contributed by atoms with Crippen molar-refractivity contribution in [2.75, 3.05) is 0 Å². The molecule has 0 unspecified atom stereocenters. The first-order valence-corrected chi connectivity index (χ1v) is 11.6. The summed E-state index contributed by atoms with van der Waals surface area (Å²) in [5.74, 6) is 2.20. The van der Waals surface area contributed by atoms with Gasteiger partial charge in [0.1, 0.15) is 11.5 Å². The Hall–Kier alpha value is -1.96. The van der Waals surface area contributed by atoms with Gasteiger partial charge in [0.25, 0.3) is 0 Å². The first-order valence-electron chi connectivity index (χ1n) is 11.6. The summed E-state index contributed by atoms with van der Waals surface area (Å²) in [6.45, 7) is 8.03. The van der Waals surface area contributed by atoms with Crippen LogP contribution >= 0.6 is 0 Å². The van der Waals surface area contributed by atoms with E-state index in [1.807, 2.05) is 39.8 Å². The van der Waals surface area contributed by atoms with Crippen LogP contribution in [-0.4, -0.2) is 10.2 Å². The minimum atomic E-state index is 0.493. The first kappa shape index (κ1) is 23.3. The number of benzene rings is 2. The molecule has 4 rings (SSSR count). The molecular weight excluding hydrogens is 356 g/mol. The third-order valence-electron chi connectivity index (χ3n) is 6.21. The maximum atomic E-state index is 9.84. The lowest BCUT2D eigenvalue weighted by Gasteiger charge is -2.22. The third-order valence-corrected chi connectivity index (χ3v) is 6.21. The molecule has 2 aromatic rings. The van der Waals surface area contributed by atoms with Gasteiger partial charge >= 0.3 is 0 Å². The van der Waals surface area contributed by atoms with Crippen LogP contribution in [0.3, 0.4) is 0 Å². The molecule has 2 nitrogen and oxygen atoms in total. The van der Waals surface area contributed by atoms with Crippen molar-refractivity contribution >= 4 is 0 Å². The van der Waals surface area contributed by atoms with Gasteiger partial charge in [-0.05, 0) is 85.8 Å². The number of aromatic hydroxyl groups is 2. The molecule has 0 aliphatic heterocycles. The summed E-state index contributed by atoms with van der Waals surface area (Å²) in [5, 5.41) is 19.6. The quantitative estimate of drug-likeness (QED) is 0.538. The molecular formula is C27H40O2. The van der Waals surface area contributed by atoms with Gasteiger partial charge in [0.05, 0.1) is 0 Å². The predicted octanol–water partition coefficient (Wildman–Crippen LogP) is 8.13. The number of aryl methyl sites for hydroxylation is 2. The van der Waals surface area contributed by atoms with E-state index < -0.39 is 0 Å². The molecule has 2 aliphatic carbocycles. The fourth-order valence-corrected chi connectivity index (χ4v) is 4.65. The Kier molecular flexibility index (Phi) is 9.57. The van der Waals surface area contributed by atoms with Crippen molar-refractivity contribution in [2.24, 2.45) is 0 Å². The molecule has 0 heterocycles. The largest absolute Gasteiger partial charge is 0.508 e. The first-order chi connectivity index (χ1) is 14.0. The average molecular weight is 397 g/mol. The Morgan fingerprint density at radius 3 is 1.28 bits per heavy atom. The third kappa shape index (κ3) is 6.80. The lowest BCUT2D eigenvalue weighted by molar-refractivity contribution is 0.414. The van der Waals surface area contributed by atoms with Crippen LogP contribution in [0.1, 0.15) is 106 Å². The summed E-state index contributed by atoms with van der Waals surface area (Å²) in [7, 11) is 0. The van der Waals surface area contributed by atoms with Crippen LogP contribution in [0.4, 0.5) is 0 Å². The summed E-state index contributed by atoms with van der Waals surface area (Å²) in [6, 6.07) is 12.1. The summed E-state index contributed by atoms with van der Waals surface area (Å²) in [4.78, 5) is 0. The van der Waals surface area contributed by atoms with Crippen LogP contribution in [0.25, 0.3) is 0 Å². The maximum absolute atomic E-state index is 9.84. The number of phenols is 2. The molecule has 0 amide bonds. The van der Waals surface area contributed by atoms with E-state index in [1.165, 1.54) is 57.8 Å². The van der Waals surface area contributed by atoms with E-state index in [0.717, 1.165) is 22.3 Å². The molecule has 2 fully saturated rings. The molecule has 2 aromatic carbocycles. The zero-order valence-corrected chi connectivity index (χ0v) is 18.9. The number of hydrogen-bond acceptors (Lipinski definition) is 2. The van der Waals surface area contributed by atoms with E-state index in [1.54, 1.807) is 0 Å². The Morgan fingerprint density at radius 1 is 0.586 bits per heavy atom. The molecule has 0 atom stereocenters. The maximum Gasteiger partial charge on any atom is 0.119 e. The van der Waals surface area contributed by atoms with E-state index >= 15 is 0 Å². The molecule has 0 aromatic heterocycles. The smallest absolute Gasteiger partial charge is 0.119 e. The number of hydrogen-bond donors (Lipinski definition) is 2. The van der Waals surface area contributed by atoms with Gasteiger partial charge in [0.2, 0.25) is 0 Å². The Morgan fingerprint density at radius 2 is 0.931 bits per heavy atom. The highest BCUT2D eigenvalue weighted by molar-refractivity contribution is 5.39. The van der Waals surface area contributed by atoms with Crippen LogP contribution in [0.2, 0.25) is 0 Å². The van der Waals surface area contributed by atoms with Crippen LogP contribution < -0.4 is 0 Å². The molecule has 2 saturated carbocycles.